The van der Waals surface area contributed by atoms with Crippen LogP contribution in [0, 0.1) is 6.92 Å². The van der Waals surface area contributed by atoms with Crippen LogP contribution in [0.3, 0.4) is 0 Å². The van der Waals surface area contributed by atoms with Crippen molar-refractivity contribution in [2.24, 2.45) is 0 Å². The van der Waals surface area contributed by atoms with E-state index in [-0.39, 0.29) is 31.3 Å². The van der Waals surface area contributed by atoms with Crippen molar-refractivity contribution < 1.29 is 38.1 Å². The van der Waals surface area contributed by atoms with E-state index < -0.39 is 17.9 Å². The first kappa shape index (κ1) is 31.5. The largest absolute Gasteiger partial charge is 0.491 e. The molecule has 8 nitrogen and oxygen atoms in total. The predicted octanol–water partition coefficient (Wildman–Crippen LogP) is 6.05. The van der Waals surface area contributed by atoms with E-state index in [1.165, 1.54) is 0 Å². The van der Waals surface area contributed by atoms with Crippen molar-refractivity contribution in [1.29, 1.82) is 0 Å². The number of allylic oxidation sites excluding steroid dienone is 6. The number of esters is 3. The molecule has 0 saturated heterocycles. The molecule has 2 rings (SSSR count). The molecular weight excluding hydrogens is 512 g/mol. The maximum absolute atomic E-state index is 12.7. The number of hydrogen-bond acceptors (Lipinski definition) is 8. The Morgan fingerprint density at radius 1 is 0.725 bits per heavy atom. The molecule has 0 amide bonds. The molecule has 0 atom stereocenters. The molecule has 0 N–H and O–H groups in total. The molecule has 2 aromatic rings. The van der Waals surface area contributed by atoms with Crippen LogP contribution < -0.4 is 4.74 Å². The first-order chi connectivity index (χ1) is 19.4. The molecular formula is C32H34O8. The summed E-state index contributed by atoms with van der Waals surface area (Å²) in [7, 11) is 0. The second-order valence-electron chi connectivity index (χ2n) is 8.14. The Bertz CT molecular complexity index is 1250. The standard InChI is InChI=1S/C32H34O8/c1-5-8-28(39-31(34)25-12-10-24(4)11-13-25)18-19-29(9-6-2)40-32(35)26-14-16-27(17-15-26)37-22-20-36-21-23-38-30(33)7-3/h5-19H,3,20-23H2,1-2,4H3/b8-5+,9-6-,28-18+,29-19+. The fraction of sp³-hybridized carbons (Fsp3) is 0.219. The van der Waals surface area contributed by atoms with Crippen LogP contribution in [-0.2, 0) is 23.7 Å². The van der Waals surface area contributed by atoms with E-state index in [2.05, 4.69) is 6.58 Å². The summed E-state index contributed by atoms with van der Waals surface area (Å²) in [5.74, 6) is -0.458. The first-order valence-corrected chi connectivity index (χ1v) is 12.6. The number of carbonyl (C=O) groups is 3. The summed E-state index contributed by atoms with van der Waals surface area (Å²) in [6.45, 7) is 9.80. The van der Waals surface area contributed by atoms with Crippen molar-refractivity contribution >= 4 is 17.9 Å². The van der Waals surface area contributed by atoms with Gasteiger partial charge in [-0.3, -0.25) is 0 Å². The van der Waals surface area contributed by atoms with E-state index in [0.717, 1.165) is 11.6 Å². The smallest absolute Gasteiger partial charge is 0.343 e. The zero-order chi connectivity index (χ0) is 29.2. The van der Waals surface area contributed by atoms with E-state index in [1.54, 1.807) is 86.7 Å². The van der Waals surface area contributed by atoms with Crippen LogP contribution in [0.5, 0.6) is 5.75 Å². The summed E-state index contributed by atoms with van der Waals surface area (Å²) >= 11 is 0. The van der Waals surface area contributed by atoms with Gasteiger partial charge < -0.3 is 23.7 Å². The van der Waals surface area contributed by atoms with Gasteiger partial charge in [0.15, 0.2) is 0 Å². The fourth-order valence-electron chi connectivity index (χ4n) is 3.03. The van der Waals surface area contributed by atoms with Crippen molar-refractivity contribution in [3.8, 4) is 5.75 Å². The summed E-state index contributed by atoms with van der Waals surface area (Å²) in [6, 6.07) is 13.5. The lowest BCUT2D eigenvalue weighted by Crippen LogP contribution is -2.12. The van der Waals surface area contributed by atoms with Crippen molar-refractivity contribution in [3.05, 3.63) is 126 Å². The van der Waals surface area contributed by atoms with Gasteiger partial charge in [0.05, 0.1) is 24.3 Å². The minimum absolute atomic E-state index is 0.135. The minimum atomic E-state index is -0.564. The Hall–Kier alpha value is -4.69. The van der Waals surface area contributed by atoms with E-state index >= 15 is 0 Å². The molecule has 2 aromatic carbocycles. The molecule has 0 fully saturated rings. The zero-order valence-corrected chi connectivity index (χ0v) is 23.0. The molecule has 0 aliphatic heterocycles. The Labute approximate surface area is 234 Å². The molecule has 0 unspecified atom stereocenters. The van der Waals surface area contributed by atoms with Crippen molar-refractivity contribution in [1.82, 2.24) is 0 Å². The monoisotopic (exact) mass is 546 g/mol. The molecule has 0 spiro atoms. The number of rotatable bonds is 15. The SMILES string of the molecule is C=CC(=O)OCCOCCOc1ccc(C(=O)OC(/C=C\C)=C/C=C(\C=C\C)OC(=O)c2ccc(C)cc2)cc1. The highest BCUT2D eigenvalue weighted by Gasteiger charge is 2.11. The number of carbonyl (C=O) groups excluding carboxylic acids is 3. The van der Waals surface area contributed by atoms with Crippen LogP contribution >= 0.6 is 0 Å². The highest BCUT2D eigenvalue weighted by atomic mass is 16.6. The summed E-state index contributed by atoms with van der Waals surface area (Å²) in [4.78, 5) is 36.2. The Morgan fingerprint density at radius 2 is 1.23 bits per heavy atom. The molecule has 210 valence electrons. The molecule has 0 aliphatic carbocycles. The highest BCUT2D eigenvalue weighted by molar-refractivity contribution is 5.91. The van der Waals surface area contributed by atoms with E-state index in [1.807, 2.05) is 19.1 Å². The molecule has 40 heavy (non-hydrogen) atoms. The van der Waals surface area contributed by atoms with E-state index in [0.29, 0.717) is 23.5 Å². The lowest BCUT2D eigenvalue weighted by atomic mass is 10.1. The molecule has 0 aliphatic rings. The number of ether oxygens (including phenoxy) is 5. The van der Waals surface area contributed by atoms with Crippen molar-refractivity contribution in [3.63, 3.8) is 0 Å². The average Bonchev–Trinajstić information content (AvgIpc) is 2.95. The normalized spacial score (nSPS) is 11.9. The van der Waals surface area contributed by atoms with Gasteiger partial charge in [0, 0.05) is 6.08 Å². The topological polar surface area (TPSA) is 97.4 Å². The van der Waals surface area contributed by atoms with Crippen LogP contribution in [0.25, 0.3) is 0 Å². The third-order valence-corrected chi connectivity index (χ3v) is 5.01. The van der Waals surface area contributed by atoms with E-state index in [4.69, 9.17) is 23.7 Å². The second kappa shape index (κ2) is 17.8. The van der Waals surface area contributed by atoms with Crippen LogP contribution in [0.2, 0.25) is 0 Å². The average molecular weight is 547 g/mol. The van der Waals surface area contributed by atoms with Gasteiger partial charge in [-0.25, -0.2) is 14.4 Å². The van der Waals surface area contributed by atoms with Gasteiger partial charge in [0.1, 0.15) is 30.5 Å². The van der Waals surface area contributed by atoms with Gasteiger partial charge in [-0.05, 0) is 81.5 Å². The summed E-state index contributed by atoms with van der Waals surface area (Å²) < 4.78 is 26.8. The molecule has 8 heteroatoms. The van der Waals surface area contributed by atoms with Crippen molar-refractivity contribution in [2.75, 3.05) is 26.4 Å². The fourth-order valence-corrected chi connectivity index (χ4v) is 3.03. The van der Waals surface area contributed by atoms with Gasteiger partial charge in [-0.1, -0.05) is 36.4 Å². The maximum atomic E-state index is 12.7. The Balaban J connectivity index is 1.94. The minimum Gasteiger partial charge on any atom is -0.491 e. The van der Waals surface area contributed by atoms with Gasteiger partial charge in [0.2, 0.25) is 0 Å². The molecule has 0 heterocycles. The quantitative estimate of drug-likeness (QED) is 0.0665. The first-order valence-electron chi connectivity index (χ1n) is 12.6. The molecule has 0 bridgehead atoms. The highest BCUT2D eigenvalue weighted by Crippen LogP contribution is 2.16. The molecule has 0 aromatic heterocycles. The van der Waals surface area contributed by atoms with Crippen LogP contribution in [-0.4, -0.2) is 44.3 Å². The van der Waals surface area contributed by atoms with Crippen LogP contribution in [0.1, 0.15) is 40.1 Å². The second-order valence-corrected chi connectivity index (χ2v) is 8.14. The lowest BCUT2D eigenvalue weighted by molar-refractivity contribution is -0.139. The van der Waals surface area contributed by atoms with Gasteiger partial charge in [-0.15, -0.1) is 0 Å². The Morgan fingerprint density at radius 3 is 1.73 bits per heavy atom. The third kappa shape index (κ3) is 11.8. The number of aryl methyl sites for hydroxylation is 1. The van der Waals surface area contributed by atoms with Crippen LogP contribution in [0.4, 0.5) is 0 Å². The van der Waals surface area contributed by atoms with Gasteiger partial charge in [-0.2, -0.15) is 0 Å². The summed E-state index contributed by atoms with van der Waals surface area (Å²) in [6.07, 6.45) is 10.9. The predicted molar refractivity (Wildman–Crippen MR) is 152 cm³/mol. The molecule has 0 radical (unpaired) electrons. The summed E-state index contributed by atoms with van der Waals surface area (Å²) in [5.41, 5.74) is 1.79. The third-order valence-electron chi connectivity index (χ3n) is 5.01. The van der Waals surface area contributed by atoms with Crippen LogP contribution in [0.15, 0.2) is 109 Å². The number of benzene rings is 2. The molecule has 0 saturated carbocycles. The zero-order valence-electron chi connectivity index (χ0n) is 23.0. The van der Waals surface area contributed by atoms with E-state index in [9.17, 15) is 14.4 Å². The Kier molecular flexibility index (Phi) is 14.0. The van der Waals surface area contributed by atoms with Gasteiger partial charge >= 0.3 is 17.9 Å². The van der Waals surface area contributed by atoms with Gasteiger partial charge in [0.25, 0.3) is 0 Å². The lowest BCUT2D eigenvalue weighted by Gasteiger charge is -2.09. The number of hydrogen-bond donors (Lipinski definition) is 0. The van der Waals surface area contributed by atoms with Crippen molar-refractivity contribution in [2.45, 2.75) is 20.8 Å². The summed E-state index contributed by atoms with van der Waals surface area (Å²) in [5, 5.41) is 0. The maximum Gasteiger partial charge on any atom is 0.343 e.